The summed E-state index contributed by atoms with van der Waals surface area (Å²) < 4.78 is 27.9. The lowest BCUT2D eigenvalue weighted by Gasteiger charge is -2.15. The number of aryl methyl sites for hydroxylation is 1. The van der Waals surface area contributed by atoms with Gasteiger partial charge in [-0.25, -0.2) is 13.4 Å². The maximum Gasteiger partial charge on any atom is 0.239 e. The Kier molecular flexibility index (Phi) is 7.12. The zero-order valence-electron chi connectivity index (χ0n) is 19.6. The van der Waals surface area contributed by atoms with Gasteiger partial charge in [0.15, 0.2) is 0 Å². The fraction of sp³-hybridized carbons (Fsp3) is 0.222. The highest BCUT2D eigenvalue weighted by molar-refractivity contribution is 7.91. The molecule has 0 radical (unpaired) electrons. The maximum atomic E-state index is 13.3. The van der Waals surface area contributed by atoms with E-state index in [-0.39, 0.29) is 39.2 Å². The molecule has 0 aliphatic carbocycles. The van der Waals surface area contributed by atoms with E-state index < -0.39 is 15.3 Å². The van der Waals surface area contributed by atoms with Crippen LogP contribution in [-0.4, -0.2) is 30.4 Å². The van der Waals surface area contributed by atoms with Gasteiger partial charge in [0, 0.05) is 18.4 Å². The van der Waals surface area contributed by atoms with Crippen LogP contribution in [0.15, 0.2) is 93.6 Å². The molecule has 1 atom stereocenters. The van der Waals surface area contributed by atoms with Gasteiger partial charge in [-0.3, -0.25) is 9.59 Å². The molecule has 2 aromatic heterocycles. The van der Waals surface area contributed by atoms with Crippen molar-refractivity contribution in [1.29, 1.82) is 0 Å². The van der Waals surface area contributed by atoms with Gasteiger partial charge in [0.05, 0.1) is 10.3 Å². The Hall–Kier alpha value is -3.78. The molecule has 0 spiro atoms. The number of carbonyl (C=O) groups is 1. The van der Waals surface area contributed by atoms with Crippen molar-refractivity contribution in [3.05, 3.63) is 100 Å². The number of aromatic nitrogens is 2. The van der Waals surface area contributed by atoms with Gasteiger partial charge in [-0.2, -0.15) is 0 Å². The van der Waals surface area contributed by atoms with Gasteiger partial charge in [-0.1, -0.05) is 55.5 Å². The molecule has 0 saturated heterocycles. The van der Waals surface area contributed by atoms with E-state index in [1.54, 1.807) is 37.3 Å². The van der Waals surface area contributed by atoms with Gasteiger partial charge in [0.2, 0.25) is 21.2 Å². The highest BCUT2D eigenvalue weighted by atomic mass is 32.2. The topological polar surface area (TPSA) is 98.1 Å². The molecule has 0 aliphatic heterocycles. The van der Waals surface area contributed by atoms with E-state index in [9.17, 15) is 18.0 Å². The molecule has 35 heavy (non-hydrogen) atoms. The average Bonchev–Trinajstić information content (AvgIpc) is 2.86. The number of nitrogens with zero attached hydrogens (tertiary/aromatic N) is 2. The normalized spacial score (nSPS) is 12.4. The average molecular weight is 490 g/mol. The Balaban J connectivity index is 1.61. The van der Waals surface area contributed by atoms with Crippen LogP contribution in [0.25, 0.3) is 11.0 Å². The lowest BCUT2D eigenvalue weighted by Crippen LogP contribution is -2.30. The summed E-state index contributed by atoms with van der Waals surface area (Å²) in [7, 11) is -4.08. The second kappa shape index (κ2) is 10.2. The number of sulfone groups is 1. The molecule has 0 saturated carbocycles. The smallest absolute Gasteiger partial charge is 0.239 e. The fourth-order valence-corrected chi connectivity index (χ4v) is 5.35. The van der Waals surface area contributed by atoms with E-state index in [0.717, 1.165) is 6.42 Å². The first-order chi connectivity index (χ1) is 16.8. The second-order valence-corrected chi connectivity index (χ2v) is 10.5. The summed E-state index contributed by atoms with van der Waals surface area (Å²) in [5.41, 5.74) is 1.49. The third kappa shape index (κ3) is 5.33. The molecular weight excluding hydrogens is 462 g/mol. The van der Waals surface area contributed by atoms with Gasteiger partial charge >= 0.3 is 0 Å². The molecule has 8 heteroatoms. The molecule has 4 aromatic rings. The predicted octanol–water partition coefficient (Wildman–Crippen LogP) is 3.85. The van der Waals surface area contributed by atoms with Crippen LogP contribution in [-0.2, 0) is 21.2 Å². The Bertz CT molecular complexity index is 1520. The minimum Gasteiger partial charge on any atom is -0.355 e. The lowest BCUT2D eigenvalue weighted by molar-refractivity contribution is -0.121. The number of hydrogen-bond acceptors (Lipinski definition) is 5. The van der Waals surface area contributed by atoms with Crippen LogP contribution in [0.4, 0.5) is 0 Å². The van der Waals surface area contributed by atoms with Gasteiger partial charge in [0.25, 0.3) is 0 Å². The van der Waals surface area contributed by atoms with Gasteiger partial charge in [-0.05, 0) is 49.1 Å². The largest absolute Gasteiger partial charge is 0.355 e. The Labute approximate surface area is 204 Å². The SMILES string of the molecule is Cc1ccc2c(=O)c(S(=O)(=O)c3ccccc3)cn(CC(=O)NCC[C@H](C)c3ccccc3)c2n1. The van der Waals surface area contributed by atoms with Crippen molar-refractivity contribution in [2.45, 2.75) is 42.5 Å². The van der Waals surface area contributed by atoms with Gasteiger partial charge in [0.1, 0.15) is 17.1 Å². The first-order valence-electron chi connectivity index (χ1n) is 11.4. The minimum absolute atomic E-state index is 0.0161. The summed E-state index contributed by atoms with van der Waals surface area (Å²) in [6, 6.07) is 21.0. The van der Waals surface area contributed by atoms with Crippen molar-refractivity contribution in [2.75, 3.05) is 6.54 Å². The monoisotopic (exact) mass is 489 g/mol. The quantitative estimate of drug-likeness (QED) is 0.405. The van der Waals surface area contributed by atoms with Crippen LogP contribution < -0.4 is 10.7 Å². The van der Waals surface area contributed by atoms with Crippen molar-refractivity contribution in [2.24, 2.45) is 0 Å². The summed E-state index contributed by atoms with van der Waals surface area (Å²) >= 11 is 0. The van der Waals surface area contributed by atoms with E-state index in [0.29, 0.717) is 12.2 Å². The van der Waals surface area contributed by atoms with E-state index >= 15 is 0 Å². The third-order valence-corrected chi connectivity index (χ3v) is 7.72. The van der Waals surface area contributed by atoms with Crippen molar-refractivity contribution in [3.63, 3.8) is 0 Å². The molecule has 0 unspecified atom stereocenters. The molecule has 1 amide bonds. The van der Waals surface area contributed by atoms with Crippen molar-refractivity contribution < 1.29 is 13.2 Å². The number of benzene rings is 2. The molecule has 7 nitrogen and oxygen atoms in total. The lowest BCUT2D eigenvalue weighted by atomic mass is 9.98. The number of fused-ring (bicyclic) bond motifs is 1. The number of nitrogens with one attached hydrogen (secondary N) is 1. The number of amides is 1. The Morgan fingerprint density at radius 3 is 2.34 bits per heavy atom. The number of pyridine rings is 2. The van der Waals surface area contributed by atoms with Crippen LogP contribution >= 0.6 is 0 Å². The van der Waals surface area contributed by atoms with Crippen molar-refractivity contribution >= 4 is 26.8 Å². The number of rotatable bonds is 8. The van der Waals surface area contributed by atoms with Crippen LogP contribution in [0.3, 0.4) is 0 Å². The molecule has 4 rings (SSSR count). The van der Waals surface area contributed by atoms with E-state index in [1.165, 1.54) is 28.5 Å². The highest BCUT2D eigenvalue weighted by Gasteiger charge is 2.24. The summed E-state index contributed by atoms with van der Waals surface area (Å²) in [6.45, 7) is 4.18. The second-order valence-electron chi connectivity index (χ2n) is 8.54. The molecule has 2 heterocycles. The molecule has 1 N–H and O–H groups in total. The zero-order valence-corrected chi connectivity index (χ0v) is 20.5. The summed E-state index contributed by atoms with van der Waals surface area (Å²) in [4.78, 5) is 30.0. The molecular formula is C27H27N3O4S. The van der Waals surface area contributed by atoms with Crippen LogP contribution in [0, 0.1) is 6.92 Å². The molecule has 0 fully saturated rings. The highest BCUT2D eigenvalue weighted by Crippen LogP contribution is 2.21. The van der Waals surface area contributed by atoms with Crippen molar-refractivity contribution in [3.8, 4) is 0 Å². The van der Waals surface area contributed by atoms with E-state index in [2.05, 4.69) is 29.4 Å². The van der Waals surface area contributed by atoms with E-state index in [4.69, 9.17) is 0 Å². The summed E-state index contributed by atoms with van der Waals surface area (Å²) in [5.74, 6) is -0.0155. The zero-order chi connectivity index (χ0) is 25.0. The standard InChI is InChI=1S/C27H27N3O4S/c1-19(21-9-5-3-6-10-21)15-16-28-25(31)18-30-17-24(35(33,34)22-11-7-4-8-12-22)26(32)23-14-13-20(2)29-27(23)30/h3-14,17,19H,15-16,18H2,1-2H3,(H,28,31)/t19-/m0/s1. The predicted molar refractivity (Wildman–Crippen MR) is 135 cm³/mol. The molecule has 0 aliphatic rings. The maximum absolute atomic E-state index is 13.3. The molecule has 180 valence electrons. The number of hydrogen-bond donors (Lipinski definition) is 1. The van der Waals surface area contributed by atoms with Crippen LogP contribution in [0.5, 0.6) is 0 Å². The van der Waals surface area contributed by atoms with Crippen LogP contribution in [0.1, 0.15) is 30.5 Å². The Morgan fingerprint density at radius 2 is 1.66 bits per heavy atom. The first kappa shape index (κ1) is 24.3. The fourth-order valence-electron chi connectivity index (χ4n) is 3.96. The van der Waals surface area contributed by atoms with Gasteiger partial charge in [-0.15, -0.1) is 0 Å². The molecule has 2 aromatic carbocycles. The van der Waals surface area contributed by atoms with E-state index in [1.807, 2.05) is 18.2 Å². The molecule has 0 bridgehead atoms. The summed E-state index contributed by atoms with van der Waals surface area (Å²) in [6.07, 6.45) is 1.98. The van der Waals surface area contributed by atoms with Crippen molar-refractivity contribution in [1.82, 2.24) is 14.9 Å². The Morgan fingerprint density at radius 1 is 1.00 bits per heavy atom. The number of carbonyl (C=O) groups excluding carboxylic acids is 1. The van der Waals surface area contributed by atoms with Gasteiger partial charge < -0.3 is 9.88 Å². The first-order valence-corrected chi connectivity index (χ1v) is 12.9. The van der Waals surface area contributed by atoms with Crippen LogP contribution in [0.2, 0.25) is 0 Å². The third-order valence-electron chi connectivity index (χ3n) is 5.95. The summed E-state index contributed by atoms with van der Waals surface area (Å²) in [5, 5.41) is 3.05. The minimum atomic E-state index is -4.08.